The van der Waals surface area contributed by atoms with Gasteiger partial charge < -0.3 is 10.6 Å². The Labute approximate surface area is 163 Å². The van der Waals surface area contributed by atoms with Crippen LogP contribution in [0.1, 0.15) is 35.5 Å². The number of carbonyl (C=O) groups excluding carboxylic acids is 2. The van der Waals surface area contributed by atoms with E-state index in [1.165, 1.54) is 10.1 Å². The van der Waals surface area contributed by atoms with Crippen molar-refractivity contribution in [2.75, 3.05) is 18.4 Å². The fourth-order valence-electron chi connectivity index (χ4n) is 2.84. The van der Waals surface area contributed by atoms with Gasteiger partial charge in [0, 0.05) is 13.1 Å². The Morgan fingerprint density at radius 1 is 0.964 bits per heavy atom. The Morgan fingerprint density at radius 3 is 2.39 bits per heavy atom. The van der Waals surface area contributed by atoms with Crippen molar-refractivity contribution in [2.45, 2.75) is 27.7 Å². The van der Waals surface area contributed by atoms with Gasteiger partial charge in [-0.05, 0) is 62.1 Å². The van der Waals surface area contributed by atoms with Crippen LogP contribution in [0.3, 0.4) is 0 Å². The van der Waals surface area contributed by atoms with E-state index in [1.54, 1.807) is 6.07 Å². The third-order valence-corrected chi connectivity index (χ3v) is 4.41. The summed E-state index contributed by atoms with van der Waals surface area (Å²) in [4.78, 5) is 28.7. The highest BCUT2D eigenvalue weighted by molar-refractivity contribution is 5.95. The molecule has 0 aliphatic heterocycles. The number of benzene rings is 1. The van der Waals surface area contributed by atoms with Crippen LogP contribution in [0.5, 0.6) is 0 Å². The lowest BCUT2D eigenvalue weighted by molar-refractivity contribution is 0.0948. The van der Waals surface area contributed by atoms with Crippen molar-refractivity contribution in [3.63, 3.8) is 0 Å². The van der Waals surface area contributed by atoms with E-state index in [0.29, 0.717) is 24.4 Å². The average Bonchev–Trinajstić information content (AvgIpc) is 3.05. The maximum absolute atomic E-state index is 12.6. The van der Waals surface area contributed by atoms with Crippen molar-refractivity contribution >= 4 is 23.5 Å². The predicted octanol–water partition coefficient (Wildman–Crippen LogP) is 2.90. The molecule has 0 atom stereocenters. The molecule has 2 aromatic heterocycles. The van der Waals surface area contributed by atoms with Gasteiger partial charge in [-0.15, -0.1) is 5.10 Å². The van der Waals surface area contributed by atoms with Crippen LogP contribution in [0.25, 0.3) is 16.8 Å². The fourth-order valence-corrected chi connectivity index (χ4v) is 2.84. The first-order valence-electron chi connectivity index (χ1n) is 9.24. The van der Waals surface area contributed by atoms with E-state index in [1.807, 2.05) is 39.0 Å². The van der Waals surface area contributed by atoms with Gasteiger partial charge in [-0.1, -0.05) is 18.2 Å². The Morgan fingerprint density at radius 2 is 1.71 bits per heavy atom. The maximum atomic E-state index is 12.6. The number of pyridine rings is 1. The number of aromatic nitrogens is 3. The van der Waals surface area contributed by atoms with Crippen molar-refractivity contribution in [3.05, 3.63) is 47.2 Å². The molecule has 0 spiro atoms. The van der Waals surface area contributed by atoms with E-state index in [2.05, 4.69) is 39.0 Å². The summed E-state index contributed by atoms with van der Waals surface area (Å²) in [5.41, 5.74) is 5.03. The number of fused-ring (bicyclic) bond motifs is 1. The third-order valence-electron chi connectivity index (χ3n) is 4.41. The average molecular weight is 380 g/mol. The van der Waals surface area contributed by atoms with E-state index >= 15 is 0 Å². The van der Waals surface area contributed by atoms with Crippen molar-refractivity contribution in [2.24, 2.45) is 0 Å². The second kappa shape index (κ2) is 8.08. The number of amides is 3. The summed E-state index contributed by atoms with van der Waals surface area (Å²) in [7, 11) is 0. The minimum atomic E-state index is -0.396. The largest absolute Gasteiger partial charge is 0.351 e. The topological polar surface area (TPSA) is 100 Å². The Kier molecular flexibility index (Phi) is 5.58. The molecule has 0 saturated carbocycles. The lowest BCUT2D eigenvalue weighted by Crippen LogP contribution is -2.28. The summed E-state index contributed by atoms with van der Waals surface area (Å²) in [6.07, 6.45) is 0. The highest BCUT2D eigenvalue weighted by Crippen LogP contribution is 2.25. The van der Waals surface area contributed by atoms with Crippen LogP contribution in [0.2, 0.25) is 0 Å². The number of nitrogens with zero attached hydrogens (tertiary/aromatic N) is 3. The number of carbonyl (C=O) groups is 2. The molecule has 3 amide bonds. The first kappa shape index (κ1) is 19.3. The maximum Gasteiger partial charge on any atom is 0.321 e. The van der Waals surface area contributed by atoms with Crippen LogP contribution in [0, 0.1) is 13.8 Å². The van der Waals surface area contributed by atoms with E-state index in [0.717, 1.165) is 16.7 Å². The normalized spacial score (nSPS) is 10.7. The number of nitrogens with one attached hydrogen (secondary N) is 3. The monoisotopic (exact) mass is 380 g/mol. The molecule has 0 aliphatic rings. The second-order valence-electron chi connectivity index (χ2n) is 6.48. The van der Waals surface area contributed by atoms with Crippen molar-refractivity contribution in [1.82, 2.24) is 25.2 Å². The molecule has 8 nitrogen and oxygen atoms in total. The molecular formula is C20H24N6O2. The third kappa shape index (κ3) is 3.95. The smallest absolute Gasteiger partial charge is 0.321 e. The minimum Gasteiger partial charge on any atom is -0.351 e. The van der Waals surface area contributed by atoms with Crippen LogP contribution in [-0.2, 0) is 0 Å². The number of anilines is 1. The van der Waals surface area contributed by atoms with Crippen molar-refractivity contribution in [3.8, 4) is 11.1 Å². The molecule has 0 saturated heterocycles. The Bertz CT molecular complexity index is 1040. The van der Waals surface area contributed by atoms with Gasteiger partial charge in [0.05, 0.1) is 0 Å². The highest BCUT2D eigenvalue weighted by atomic mass is 16.2. The van der Waals surface area contributed by atoms with Crippen LogP contribution < -0.4 is 16.0 Å². The molecule has 8 heteroatoms. The van der Waals surface area contributed by atoms with Gasteiger partial charge >= 0.3 is 6.03 Å². The summed E-state index contributed by atoms with van der Waals surface area (Å²) in [6, 6.07) is 9.38. The molecule has 2 heterocycles. The van der Waals surface area contributed by atoms with Crippen LogP contribution in [0.4, 0.5) is 10.7 Å². The summed E-state index contributed by atoms with van der Waals surface area (Å²) in [6.45, 7) is 8.76. The Balaban J connectivity index is 2.11. The lowest BCUT2D eigenvalue weighted by atomic mass is 10.0. The van der Waals surface area contributed by atoms with Crippen LogP contribution in [-0.4, -0.2) is 39.6 Å². The molecule has 3 N–H and O–H groups in total. The molecule has 0 unspecified atom stereocenters. The molecule has 0 radical (unpaired) electrons. The molecular weight excluding hydrogens is 356 g/mol. The number of aryl methyl sites for hydroxylation is 2. The van der Waals surface area contributed by atoms with Gasteiger partial charge in [0.25, 0.3) is 11.9 Å². The summed E-state index contributed by atoms with van der Waals surface area (Å²) < 4.78 is 1.44. The molecule has 1 aromatic carbocycles. The van der Waals surface area contributed by atoms with Crippen molar-refractivity contribution < 1.29 is 9.59 Å². The first-order valence-corrected chi connectivity index (χ1v) is 9.24. The van der Waals surface area contributed by atoms with E-state index in [-0.39, 0.29) is 11.9 Å². The number of hydrogen-bond acceptors (Lipinski definition) is 4. The minimum absolute atomic E-state index is 0.133. The summed E-state index contributed by atoms with van der Waals surface area (Å²) in [5, 5.41) is 12.3. The molecule has 0 aliphatic carbocycles. The highest BCUT2D eigenvalue weighted by Gasteiger charge is 2.17. The summed E-state index contributed by atoms with van der Waals surface area (Å²) in [5.74, 6) is -0.124. The fraction of sp³-hybridized carbons (Fsp3) is 0.300. The van der Waals surface area contributed by atoms with Gasteiger partial charge in [0.2, 0.25) is 0 Å². The quantitative estimate of drug-likeness (QED) is 0.633. The van der Waals surface area contributed by atoms with E-state index in [4.69, 9.17) is 0 Å². The molecule has 146 valence electrons. The van der Waals surface area contributed by atoms with Crippen molar-refractivity contribution in [1.29, 1.82) is 0 Å². The molecule has 3 aromatic rings. The SMILES string of the molecule is CCNC(=O)Nc1nc2cc(-c3ccc(C)c(C)c3)cc(C(=O)NCC)n2n1. The lowest BCUT2D eigenvalue weighted by Gasteiger charge is -2.09. The molecule has 28 heavy (non-hydrogen) atoms. The molecule has 3 rings (SSSR count). The zero-order valence-electron chi connectivity index (χ0n) is 16.5. The van der Waals surface area contributed by atoms with E-state index in [9.17, 15) is 9.59 Å². The van der Waals surface area contributed by atoms with Crippen LogP contribution in [0.15, 0.2) is 30.3 Å². The van der Waals surface area contributed by atoms with E-state index < -0.39 is 6.03 Å². The van der Waals surface area contributed by atoms with Gasteiger partial charge in [0.15, 0.2) is 5.65 Å². The number of urea groups is 1. The van der Waals surface area contributed by atoms with Crippen LogP contribution >= 0.6 is 0 Å². The number of hydrogen-bond donors (Lipinski definition) is 3. The molecule has 0 fully saturated rings. The molecule has 0 bridgehead atoms. The first-order chi connectivity index (χ1) is 13.4. The van der Waals surface area contributed by atoms with Gasteiger partial charge in [-0.25, -0.2) is 9.31 Å². The summed E-state index contributed by atoms with van der Waals surface area (Å²) >= 11 is 0. The standard InChI is InChI=1S/C20H24N6O2/c1-5-21-18(27)16-10-15(14-8-7-12(3)13(4)9-14)11-17-23-19(25-26(16)17)24-20(28)22-6-2/h7-11H,5-6H2,1-4H3,(H,21,27)(H2,22,24,25,28). The zero-order valence-corrected chi connectivity index (χ0v) is 16.5. The van der Waals surface area contributed by atoms with Gasteiger partial charge in [0.1, 0.15) is 5.69 Å². The Hall–Kier alpha value is -3.42. The zero-order chi connectivity index (χ0) is 20.3. The second-order valence-corrected chi connectivity index (χ2v) is 6.48. The number of rotatable bonds is 5. The van der Waals surface area contributed by atoms with Gasteiger partial charge in [-0.3, -0.25) is 10.1 Å². The predicted molar refractivity (Wildman–Crippen MR) is 109 cm³/mol. The van der Waals surface area contributed by atoms with Gasteiger partial charge in [-0.2, -0.15) is 4.98 Å².